The molecule has 0 aliphatic heterocycles. The van der Waals surface area contributed by atoms with E-state index < -0.39 is 6.10 Å². The number of hydrogen-bond acceptors (Lipinski definition) is 5. The largest absolute Gasteiger partial charge is 0.491 e. The predicted octanol–water partition coefficient (Wildman–Crippen LogP) is 3.93. The number of nitrogens with two attached hydrogens (primary N) is 1. The van der Waals surface area contributed by atoms with Gasteiger partial charge in [-0.1, -0.05) is 12.1 Å². The fourth-order valence-corrected chi connectivity index (χ4v) is 4.15. The lowest BCUT2D eigenvalue weighted by Crippen LogP contribution is -2.17. The number of aliphatic hydroxyl groups is 1. The van der Waals surface area contributed by atoms with E-state index in [-0.39, 0.29) is 23.3 Å². The van der Waals surface area contributed by atoms with Crippen LogP contribution in [0.25, 0.3) is 11.0 Å². The number of benzene rings is 1. The van der Waals surface area contributed by atoms with Gasteiger partial charge in [0.15, 0.2) is 0 Å². The first kappa shape index (κ1) is 18.1. The average molecular weight is 387 g/mol. The fraction of sp³-hybridized carbons (Fsp3) is 0.400. The zero-order valence-electron chi connectivity index (χ0n) is 15.3. The van der Waals surface area contributed by atoms with E-state index in [4.69, 9.17) is 22.1 Å². The van der Waals surface area contributed by atoms with Gasteiger partial charge in [0.1, 0.15) is 17.2 Å². The zero-order chi connectivity index (χ0) is 19.1. The van der Waals surface area contributed by atoms with Crippen molar-refractivity contribution in [3.63, 3.8) is 0 Å². The van der Waals surface area contributed by atoms with E-state index in [1.54, 1.807) is 0 Å². The number of aromatic nitrogens is 3. The highest BCUT2D eigenvalue weighted by molar-refractivity contribution is 6.28. The SMILES string of the molecule is CC(C)Oc1cccc(C2CC(n3ccc4c(N)nc(Cl)nc43)[C@H](O)C2)c1. The van der Waals surface area contributed by atoms with E-state index in [0.29, 0.717) is 17.9 Å². The minimum atomic E-state index is -0.477. The Bertz CT molecular complexity index is 972. The van der Waals surface area contributed by atoms with E-state index in [9.17, 15) is 5.11 Å². The highest BCUT2D eigenvalue weighted by Crippen LogP contribution is 2.43. The summed E-state index contributed by atoms with van der Waals surface area (Å²) in [5.41, 5.74) is 7.79. The molecule has 2 unspecified atom stereocenters. The molecule has 1 saturated carbocycles. The lowest BCUT2D eigenvalue weighted by atomic mass is 9.97. The normalized spacial score (nSPS) is 22.6. The van der Waals surface area contributed by atoms with Crippen LogP contribution in [0.5, 0.6) is 5.75 Å². The Morgan fingerprint density at radius 1 is 1.26 bits per heavy atom. The van der Waals surface area contributed by atoms with Gasteiger partial charge >= 0.3 is 0 Å². The molecule has 3 N–H and O–H groups in total. The van der Waals surface area contributed by atoms with E-state index in [1.165, 1.54) is 5.56 Å². The standard InChI is InChI=1S/C20H23ClN4O2/c1-11(2)27-14-5-3-4-12(8-14)13-9-16(17(26)10-13)25-7-6-15-18(22)23-20(21)24-19(15)25/h3-8,11,13,16-17,26H,9-10H2,1-2H3,(H2,22,23,24)/t13?,16?,17-/m1/s1. The van der Waals surface area contributed by atoms with E-state index in [2.05, 4.69) is 22.1 Å². The summed E-state index contributed by atoms with van der Waals surface area (Å²) in [5, 5.41) is 11.6. The molecule has 1 aromatic carbocycles. The Labute approximate surface area is 162 Å². The summed E-state index contributed by atoms with van der Waals surface area (Å²) in [4.78, 5) is 8.33. The molecule has 3 aromatic rings. The Morgan fingerprint density at radius 2 is 2.07 bits per heavy atom. The summed E-state index contributed by atoms with van der Waals surface area (Å²) in [6, 6.07) is 9.92. The number of nitrogen functional groups attached to an aromatic ring is 1. The number of hydrogen-bond donors (Lipinski definition) is 2. The highest BCUT2D eigenvalue weighted by Gasteiger charge is 2.36. The van der Waals surface area contributed by atoms with Gasteiger partial charge in [-0.25, -0.2) is 4.98 Å². The quantitative estimate of drug-likeness (QED) is 0.663. The third-order valence-electron chi connectivity index (χ3n) is 5.13. The molecule has 0 saturated heterocycles. The maximum atomic E-state index is 10.7. The lowest BCUT2D eigenvalue weighted by molar-refractivity contribution is 0.137. The van der Waals surface area contributed by atoms with Gasteiger partial charge in [-0.2, -0.15) is 4.98 Å². The monoisotopic (exact) mass is 386 g/mol. The molecule has 1 aliphatic rings. The maximum absolute atomic E-state index is 10.7. The van der Waals surface area contributed by atoms with Gasteiger partial charge in [0.25, 0.3) is 0 Å². The third kappa shape index (κ3) is 3.47. The van der Waals surface area contributed by atoms with E-state index >= 15 is 0 Å². The second-order valence-electron chi connectivity index (χ2n) is 7.38. The number of aliphatic hydroxyl groups excluding tert-OH is 1. The van der Waals surface area contributed by atoms with Gasteiger partial charge in [-0.05, 0) is 68.0 Å². The Kier molecular flexibility index (Phi) is 4.70. The van der Waals surface area contributed by atoms with Crippen LogP contribution < -0.4 is 10.5 Å². The molecule has 4 rings (SSSR count). The Balaban J connectivity index is 1.63. The topological polar surface area (TPSA) is 86.2 Å². The smallest absolute Gasteiger partial charge is 0.226 e. The maximum Gasteiger partial charge on any atom is 0.226 e. The van der Waals surface area contributed by atoms with Crippen LogP contribution in [-0.4, -0.2) is 31.8 Å². The van der Waals surface area contributed by atoms with Gasteiger partial charge in [0.05, 0.1) is 23.6 Å². The molecule has 7 heteroatoms. The molecular formula is C20H23ClN4O2. The molecule has 1 aliphatic carbocycles. The van der Waals surface area contributed by atoms with Crippen LogP contribution in [0, 0.1) is 0 Å². The first-order chi connectivity index (χ1) is 12.9. The summed E-state index contributed by atoms with van der Waals surface area (Å²) in [5.74, 6) is 1.46. The fourth-order valence-electron chi connectivity index (χ4n) is 3.98. The van der Waals surface area contributed by atoms with Crippen molar-refractivity contribution in [1.29, 1.82) is 0 Å². The predicted molar refractivity (Wildman–Crippen MR) is 106 cm³/mol. The molecule has 142 valence electrons. The van der Waals surface area contributed by atoms with Gasteiger partial charge in [0, 0.05) is 6.20 Å². The van der Waals surface area contributed by atoms with Crippen molar-refractivity contribution < 1.29 is 9.84 Å². The van der Waals surface area contributed by atoms with Crippen LogP contribution in [0.2, 0.25) is 5.28 Å². The third-order valence-corrected chi connectivity index (χ3v) is 5.30. The molecule has 0 radical (unpaired) electrons. The number of nitrogens with zero attached hydrogens (tertiary/aromatic N) is 3. The molecule has 27 heavy (non-hydrogen) atoms. The minimum absolute atomic E-state index is 0.0902. The van der Waals surface area contributed by atoms with E-state index in [0.717, 1.165) is 17.6 Å². The van der Waals surface area contributed by atoms with Gasteiger partial charge in [-0.3, -0.25) is 0 Å². The molecule has 0 amide bonds. The number of halogens is 1. The summed E-state index contributed by atoms with van der Waals surface area (Å²) < 4.78 is 7.78. The van der Waals surface area contributed by atoms with Crippen molar-refractivity contribution in [1.82, 2.24) is 14.5 Å². The second kappa shape index (κ2) is 7.02. The van der Waals surface area contributed by atoms with Gasteiger partial charge < -0.3 is 20.1 Å². The summed E-state index contributed by atoms with van der Waals surface area (Å²) in [7, 11) is 0. The van der Waals surface area contributed by atoms with Crippen molar-refractivity contribution in [2.75, 3.05) is 5.73 Å². The first-order valence-electron chi connectivity index (χ1n) is 9.16. The molecular weight excluding hydrogens is 364 g/mol. The molecule has 2 aromatic heterocycles. The number of rotatable bonds is 4. The van der Waals surface area contributed by atoms with Crippen molar-refractivity contribution >= 4 is 28.5 Å². The molecule has 0 bridgehead atoms. The molecule has 1 fully saturated rings. The number of ether oxygens (including phenoxy) is 1. The van der Waals surface area contributed by atoms with Crippen molar-refractivity contribution in [2.45, 2.75) is 50.9 Å². The van der Waals surface area contributed by atoms with Crippen molar-refractivity contribution in [3.8, 4) is 5.75 Å². The Hall–Kier alpha value is -2.31. The second-order valence-corrected chi connectivity index (χ2v) is 7.72. The van der Waals surface area contributed by atoms with Crippen LogP contribution in [0.15, 0.2) is 36.5 Å². The molecule has 6 nitrogen and oxygen atoms in total. The first-order valence-corrected chi connectivity index (χ1v) is 9.54. The van der Waals surface area contributed by atoms with Crippen molar-refractivity contribution in [3.05, 3.63) is 47.4 Å². The van der Waals surface area contributed by atoms with E-state index in [1.807, 2.05) is 42.8 Å². The zero-order valence-corrected chi connectivity index (χ0v) is 16.1. The van der Waals surface area contributed by atoms with Gasteiger partial charge in [-0.15, -0.1) is 0 Å². The minimum Gasteiger partial charge on any atom is -0.491 e. The molecule has 0 spiro atoms. The summed E-state index contributed by atoms with van der Waals surface area (Å²) >= 11 is 5.99. The molecule has 3 atom stereocenters. The number of anilines is 1. The summed E-state index contributed by atoms with van der Waals surface area (Å²) in [6.45, 7) is 4.02. The Morgan fingerprint density at radius 3 is 2.85 bits per heavy atom. The van der Waals surface area contributed by atoms with Crippen LogP contribution >= 0.6 is 11.6 Å². The van der Waals surface area contributed by atoms with Crippen molar-refractivity contribution in [2.24, 2.45) is 0 Å². The lowest BCUT2D eigenvalue weighted by Gasteiger charge is -2.18. The highest BCUT2D eigenvalue weighted by atomic mass is 35.5. The van der Waals surface area contributed by atoms with Crippen LogP contribution in [-0.2, 0) is 0 Å². The van der Waals surface area contributed by atoms with Crippen LogP contribution in [0.4, 0.5) is 5.82 Å². The average Bonchev–Trinajstić information content (AvgIpc) is 3.18. The number of fused-ring (bicyclic) bond motifs is 1. The van der Waals surface area contributed by atoms with Crippen LogP contribution in [0.3, 0.4) is 0 Å². The summed E-state index contributed by atoms with van der Waals surface area (Å²) in [6.07, 6.45) is 3.04. The van der Waals surface area contributed by atoms with Gasteiger partial charge in [0.2, 0.25) is 5.28 Å². The molecule has 2 heterocycles. The van der Waals surface area contributed by atoms with Crippen LogP contribution in [0.1, 0.15) is 44.2 Å².